The fraction of sp³-hybridized carbons (Fsp3) is 0.0909. The van der Waals surface area contributed by atoms with Gasteiger partial charge < -0.3 is 10.1 Å². The summed E-state index contributed by atoms with van der Waals surface area (Å²) in [5.74, 6) is 0.366. The molecule has 2 aromatic rings. The van der Waals surface area contributed by atoms with E-state index in [2.05, 4.69) is 15.3 Å². The highest BCUT2D eigenvalue weighted by Gasteiger charge is 2.10. The van der Waals surface area contributed by atoms with Crippen LogP contribution in [0.1, 0.15) is 0 Å². The minimum absolute atomic E-state index is 0.196. The van der Waals surface area contributed by atoms with Crippen LogP contribution in [0.15, 0.2) is 30.6 Å². The van der Waals surface area contributed by atoms with E-state index in [1.165, 1.54) is 25.6 Å². The summed E-state index contributed by atoms with van der Waals surface area (Å²) in [7, 11) is 1.46. The van der Waals surface area contributed by atoms with Gasteiger partial charge >= 0.3 is 0 Å². The number of halogens is 2. The minimum Gasteiger partial charge on any atom is -0.490 e. The van der Waals surface area contributed by atoms with Crippen molar-refractivity contribution in [3.05, 3.63) is 41.6 Å². The van der Waals surface area contributed by atoms with Crippen molar-refractivity contribution < 1.29 is 9.13 Å². The average molecular weight is 254 g/mol. The first-order valence-corrected chi connectivity index (χ1v) is 5.15. The first-order chi connectivity index (χ1) is 8.20. The van der Waals surface area contributed by atoms with E-state index in [1.807, 2.05) is 0 Å². The fourth-order valence-corrected chi connectivity index (χ4v) is 1.54. The fourth-order valence-electron chi connectivity index (χ4n) is 1.33. The predicted octanol–water partition coefficient (Wildman–Crippen LogP) is 3.02. The highest BCUT2D eigenvalue weighted by atomic mass is 35.5. The van der Waals surface area contributed by atoms with Gasteiger partial charge in [0.15, 0.2) is 16.7 Å². The maximum absolute atomic E-state index is 13.0. The molecule has 0 bridgehead atoms. The molecule has 4 nitrogen and oxygen atoms in total. The zero-order chi connectivity index (χ0) is 12.3. The molecule has 0 saturated heterocycles. The zero-order valence-corrected chi connectivity index (χ0v) is 9.70. The molecule has 2 rings (SSSR count). The summed E-state index contributed by atoms with van der Waals surface area (Å²) in [4.78, 5) is 7.77. The second-order valence-electron chi connectivity index (χ2n) is 3.18. The number of aromatic nitrogens is 2. The van der Waals surface area contributed by atoms with E-state index >= 15 is 0 Å². The molecular weight excluding hydrogens is 245 g/mol. The van der Waals surface area contributed by atoms with Crippen LogP contribution in [0.3, 0.4) is 0 Å². The molecule has 0 saturated carbocycles. The van der Waals surface area contributed by atoms with Gasteiger partial charge in [-0.15, -0.1) is 0 Å². The van der Waals surface area contributed by atoms with Crippen LogP contribution >= 0.6 is 11.6 Å². The molecule has 1 aromatic heterocycles. The topological polar surface area (TPSA) is 47.0 Å². The minimum atomic E-state index is -0.339. The van der Waals surface area contributed by atoms with Gasteiger partial charge in [0.05, 0.1) is 7.11 Å². The molecule has 1 heterocycles. The summed E-state index contributed by atoms with van der Waals surface area (Å²) in [5.41, 5.74) is 0.554. The molecule has 0 aliphatic heterocycles. The number of methoxy groups -OCH3 is 1. The SMILES string of the molecule is COc1c(Cl)ncnc1Nc1cccc(F)c1. The van der Waals surface area contributed by atoms with Crippen LogP contribution in [0.25, 0.3) is 0 Å². The Morgan fingerprint density at radius 3 is 2.88 bits per heavy atom. The standard InChI is InChI=1S/C11H9ClFN3O/c1-17-9-10(12)14-6-15-11(9)16-8-4-2-3-7(13)5-8/h2-6H,1H3,(H,14,15,16). The maximum Gasteiger partial charge on any atom is 0.199 e. The number of nitrogens with zero attached hydrogens (tertiary/aromatic N) is 2. The van der Waals surface area contributed by atoms with Gasteiger partial charge in [-0.1, -0.05) is 17.7 Å². The van der Waals surface area contributed by atoms with Gasteiger partial charge in [0.25, 0.3) is 0 Å². The molecule has 0 radical (unpaired) electrons. The summed E-state index contributed by atoms with van der Waals surface area (Å²) in [6, 6.07) is 6.00. The average Bonchev–Trinajstić information content (AvgIpc) is 2.29. The van der Waals surface area contributed by atoms with Crippen LogP contribution in [-0.2, 0) is 0 Å². The first kappa shape index (κ1) is 11.6. The molecule has 0 atom stereocenters. The Balaban J connectivity index is 2.33. The van der Waals surface area contributed by atoms with Gasteiger partial charge in [0.2, 0.25) is 0 Å². The quantitative estimate of drug-likeness (QED) is 0.854. The number of rotatable bonds is 3. The van der Waals surface area contributed by atoms with Crippen LogP contribution in [0.2, 0.25) is 5.15 Å². The van der Waals surface area contributed by atoms with Crippen molar-refractivity contribution in [3.63, 3.8) is 0 Å². The normalized spacial score (nSPS) is 10.1. The molecule has 88 valence electrons. The Kier molecular flexibility index (Phi) is 3.39. The Labute approximate surface area is 102 Å². The summed E-state index contributed by atoms with van der Waals surface area (Å²) < 4.78 is 18.1. The Morgan fingerprint density at radius 1 is 1.35 bits per heavy atom. The van der Waals surface area contributed by atoms with Gasteiger partial charge in [-0.3, -0.25) is 0 Å². The van der Waals surface area contributed by atoms with E-state index in [0.717, 1.165) is 0 Å². The number of hydrogen-bond donors (Lipinski definition) is 1. The second-order valence-corrected chi connectivity index (χ2v) is 3.54. The molecule has 17 heavy (non-hydrogen) atoms. The summed E-state index contributed by atoms with van der Waals surface area (Å²) in [5, 5.41) is 3.10. The number of nitrogens with one attached hydrogen (secondary N) is 1. The third-order valence-corrected chi connectivity index (χ3v) is 2.32. The molecule has 0 amide bonds. The molecule has 6 heteroatoms. The van der Waals surface area contributed by atoms with Gasteiger partial charge in [0.1, 0.15) is 12.1 Å². The van der Waals surface area contributed by atoms with Crippen LogP contribution in [0, 0.1) is 5.82 Å². The lowest BCUT2D eigenvalue weighted by Gasteiger charge is -2.10. The molecule has 1 aromatic carbocycles. The van der Waals surface area contributed by atoms with E-state index < -0.39 is 0 Å². The van der Waals surface area contributed by atoms with Crippen molar-refractivity contribution in [2.24, 2.45) is 0 Å². The van der Waals surface area contributed by atoms with Crippen molar-refractivity contribution in [2.45, 2.75) is 0 Å². The number of anilines is 2. The van der Waals surface area contributed by atoms with Gasteiger partial charge in [-0.05, 0) is 18.2 Å². The van der Waals surface area contributed by atoms with E-state index in [0.29, 0.717) is 17.3 Å². The van der Waals surface area contributed by atoms with Gasteiger partial charge in [0, 0.05) is 5.69 Å². The Morgan fingerprint density at radius 2 is 2.18 bits per heavy atom. The summed E-state index contributed by atoms with van der Waals surface area (Å²) in [6.45, 7) is 0. The zero-order valence-electron chi connectivity index (χ0n) is 8.95. The van der Waals surface area contributed by atoms with E-state index in [9.17, 15) is 4.39 Å². The lowest BCUT2D eigenvalue weighted by atomic mass is 10.3. The van der Waals surface area contributed by atoms with Gasteiger partial charge in [-0.2, -0.15) is 0 Å². The lowest BCUT2D eigenvalue weighted by Crippen LogP contribution is -1.99. The molecule has 0 aliphatic carbocycles. The van der Waals surface area contributed by atoms with Crippen molar-refractivity contribution in [1.29, 1.82) is 0 Å². The number of benzene rings is 1. The highest BCUT2D eigenvalue weighted by molar-refractivity contribution is 6.31. The predicted molar refractivity (Wildman–Crippen MR) is 63.3 cm³/mol. The van der Waals surface area contributed by atoms with Crippen LogP contribution in [0.4, 0.5) is 15.9 Å². The second kappa shape index (κ2) is 4.97. The van der Waals surface area contributed by atoms with E-state index in [4.69, 9.17) is 16.3 Å². The molecule has 0 unspecified atom stereocenters. The van der Waals surface area contributed by atoms with E-state index in [1.54, 1.807) is 12.1 Å². The van der Waals surface area contributed by atoms with Crippen LogP contribution in [-0.4, -0.2) is 17.1 Å². The number of ether oxygens (including phenoxy) is 1. The molecule has 0 spiro atoms. The third kappa shape index (κ3) is 2.62. The molecular formula is C11H9ClFN3O. The van der Waals surface area contributed by atoms with Crippen LogP contribution < -0.4 is 10.1 Å². The molecule has 1 N–H and O–H groups in total. The Hall–Kier alpha value is -1.88. The van der Waals surface area contributed by atoms with E-state index in [-0.39, 0.29) is 11.0 Å². The summed E-state index contributed by atoms with van der Waals surface area (Å²) in [6.07, 6.45) is 1.30. The van der Waals surface area contributed by atoms with Crippen LogP contribution in [0.5, 0.6) is 5.75 Å². The lowest BCUT2D eigenvalue weighted by molar-refractivity contribution is 0.413. The Bertz CT molecular complexity index is 536. The third-order valence-electron chi connectivity index (χ3n) is 2.05. The largest absolute Gasteiger partial charge is 0.490 e. The van der Waals surface area contributed by atoms with Crippen molar-refractivity contribution >= 4 is 23.1 Å². The monoisotopic (exact) mass is 253 g/mol. The highest BCUT2D eigenvalue weighted by Crippen LogP contribution is 2.30. The molecule has 0 aliphatic rings. The smallest absolute Gasteiger partial charge is 0.199 e. The van der Waals surface area contributed by atoms with Crippen molar-refractivity contribution in [3.8, 4) is 5.75 Å². The van der Waals surface area contributed by atoms with Crippen molar-refractivity contribution in [2.75, 3.05) is 12.4 Å². The maximum atomic E-state index is 13.0. The first-order valence-electron chi connectivity index (χ1n) is 4.78. The summed E-state index contributed by atoms with van der Waals surface area (Å²) >= 11 is 5.84. The number of hydrogen-bond acceptors (Lipinski definition) is 4. The molecule has 0 fully saturated rings. The van der Waals surface area contributed by atoms with Crippen molar-refractivity contribution in [1.82, 2.24) is 9.97 Å². The van der Waals surface area contributed by atoms with Gasteiger partial charge in [-0.25, -0.2) is 14.4 Å².